The van der Waals surface area contributed by atoms with Crippen LogP contribution in [0.1, 0.15) is 58.8 Å². The Balaban J connectivity index is 1.46. The minimum Gasteiger partial charge on any atom is -0.311 e. The van der Waals surface area contributed by atoms with Crippen LogP contribution in [0, 0.1) is 11.8 Å². The smallest absolute Gasteiger partial charge is 0.216 e. The fourth-order valence-corrected chi connectivity index (χ4v) is 5.76. The van der Waals surface area contributed by atoms with Crippen molar-refractivity contribution < 1.29 is 8.42 Å². The third kappa shape index (κ3) is 3.62. The van der Waals surface area contributed by atoms with Crippen molar-refractivity contribution in [2.45, 2.75) is 76.1 Å². The van der Waals surface area contributed by atoms with Crippen LogP contribution >= 0.6 is 0 Å². The highest BCUT2D eigenvalue weighted by molar-refractivity contribution is 7.90. The summed E-state index contributed by atoms with van der Waals surface area (Å²) in [5.41, 5.74) is 0. The SMILES string of the molecule is C[C@@H]1CC[C@@H](NC2CCN(S(=O)(=O)C3CC3)CC2)C[C@@H]1C. The van der Waals surface area contributed by atoms with E-state index in [4.69, 9.17) is 0 Å². The molecule has 0 bridgehead atoms. The van der Waals surface area contributed by atoms with Crippen LogP contribution in [0.3, 0.4) is 0 Å². The first-order valence-corrected chi connectivity index (χ1v) is 10.2. The second-order valence-electron chi connectivity index (χ2n) is 7.55. The van der Waals surface area contributed by atoms with Crippen molar-refractivity contribution in [3.8, 4) is 0 Å². The number of nitrogens with one attached hydrogen (secondary N) is 1. The fourth-order valence-electron chi connectivity index (χ4n) is 3.89. The zero-order chi connectivity index (χ0) is 15.0. The van der Waals surface area contributed by atoms with Gasteiger partial charge in [-0.3, -0.25) is 0 Å². The quantitative estimate of drug-likeness (QED) is 0.866. The van der Waals surface area contributed by atoms with E-state index in [9.17, 15) is 8.42 Å². The van der Waals surface area contributed by atoms with Gasteiger partial charge in [0.2, 0.25) is 10.0 Å². The molecule has 1 saturated heterocycles. The third-order valence-corrected chi connectivity index (χ3v) is 8.23. The van der Waals surface area contributed by atoms with Crippen molar-refractivity contribution in [2.24, 2.45) is 11.8 Å². The normalized spacial score (nSPS) is 36.8. The lowest BCUT2D eigenvalue weighted by atomic mass is 9.79. The Kier molecular flexibility index (Phi) is 4.63. The van der Waals surface area contributed by atoms with E-state index in [1.165, 1.54) is 19.3 Å². The Morgan fingerprint density at radius 3 is 2.10 bits per heavy atom. The highest BCUT2D eigenvalue weighted by Crippen LogP contribution is 2.33. The van der Waals surface area contributed by atoms with E-state index in [2.05, 4.69) is 19.2 Å². The van der Waals surface area contributed by atoms with Gasteiger partial charge in [0, 0.05) is 25.2 Å². The van der Waals surface area contributed by atoms with Crippen LogP contribution in [-0.2, 0) is 10.0 Å². The lowest BCUT2D eigenvalue weighted by molar-refractivity contribution is 0.195. The largest absolute Gasteiger partial charge is 0.311 e. The zero-order valence-corrected chi connectivity index (χ0v) is 14.2. The van der Waals surface area contributed by atoms with Crippen LogP contribution < -0.4 is 5.32 Å². The van der Waals surface area contributed by atoms with Crippen molar-refractivity contribution in [3.63, 3.8) is 0 Å². The van der Waals surface area contributed by atoms with Crippen molar-refractivity contribution >= 4 is 10.0 Å². The van der Waals surface area contributed by atoms with E-state index in [-0.39, 0.29) is 5.25 Å². The molecule has 1 aliphatic heterocycles. The standard InChI is InChI=1S/C16H30N2O2S/c1-12-3-4-15(11-13(12)2)17-14-7-9-18(10-8-14)21(19,20)16-5-6-16/h12-17H,3-11H2,1-2H3/t12-,13+,15-/m1/s1. The lowest BCUT2D eigenvalue weighted by Gasteiger charge is -2.38. The van der Waals surface area contributed by atoms with Gasteiger partial charge in [-0.1, -0.05) is 13.8 Å². The van der Waals surface area contributed by atoms with Gasteiger partial charge >= 0.3 is 0 Å². The predicted molar refractivity (Wildman–Crippen MR) is 85.6 cm³/mol. The van der Waals surface area contributed by atoms with Gasteiger partial charge in [-0.2, -0.15) is 0 Å². The predicted octanol–water partition coefficient (Wildman–Crippen LogP) is 2.36. The Morgan fingerprint density at radius 2 is 1.52 bits per heavy atom. The van der Waals surface area contributed by atoms with Gasteiger partial charge in [-0.05, 0) is 56.8 Å². The minimum absolute atomic E-state index is 0.0531. The molecule has 4 nitrogen and oxygen atoms in total. The Hall–Kier alpha value is -0.130. The summed E-state index contributed by atoms with van der Waals surface area (Å²) >= 11 is 0. The maximum atomic E-state index is 12.2. The number of hydrogen-bond acceptors (Lipinski definition) is 3. The molecular weight excluding hydrogens is 284 g/mol. The van der Waals surface area contributed by atoms with E-state index in [0.717, 1.165) is 50.6 Å². The van der Waals surface area contributed by atoms with Crippen molar-refractivity contribution in [1.82, 2.24) is 9.62 Å². The molecule has 3 aliphatic rings. The molecule has 0 spiro atoms. The second-order valence-corrected chi connectivity index (χ2v) is 9.76. The molecule has 3 atom stereocenters. The molecule has 0 amide bonds. The molecule has 3 fully saturated rings. The fraction of sp³-hybridized carbons (Fsp3) is 1.00. The highest BCUT2D eigenvalue weighted by Gasteiger charge is 2.41. The molecule has 21 heavy (non-hydrogen) atoms. The minimum atomic E-state index is -2.96. The molecular formula is C16H30N2O2S. The van der Waals surface area contributed by atoms with Gasteiger partial charge in [0.1, 0.15) is 0 Å². The molecule has 1 heterocycles. The van der Waals surface area contributed by atoms with Crippen molar-refractivity contribution in [3.05, 3.63) is 0 Å². The van der Waals surface area contributed by atoms with Gasteiger partial charge in [0.05, 0.1) is 5.25 Å². The molecule has 0 aromatic carbocycles. The molecule has 2 aliphatic carbocycles. The summed E-state index contributed by atoms with van der Waals surface area (Å²) in [6.07, 6.45) is 7.59. The molecule has 0 radical (unpaired) electrons. The molecule has 5 heteroatoms. The van der Waals surface area contributed by atoms with E-state index in [1.807, 2.05) is 0 Å². The van der Waals surface area contributed by atoms with E-state index < -0.39 is 10.0 Å². The summed E-state index contributed by atoms with van der Waals surface area (Å²) in [5.74, 6) is 1.67. The first-order chi connectivity index (χ1) is 9.96. The van der Waals surface area contributed by atoms with Crippen LogP contribution in [-0.4, -0.2) is 43.1 Å². The monoisotopic (exact) mass is 314 g/mol. The van der Waals surface area contributed by atoms with Gasteiger partial charge in [0.25, 0.3) is 0 Å². The molecule has 0 unspecified atom stereocenters. The van der Waals surface area contributed by atoms with Gasteiger partial charge in [-0.25, -0.2) is 12.7 Å². The first kappa shape index (κ1) is 15.8. The summed E-state index contributed by atoms with van der Waals surface area (Å²) in [5, 5.41) is 3.75. The zero-order valence-electron chi connectivity index (χ0n) is 13.4. The number of nitrogens with zero attached hydrogens (tertiary/aromatic N) is 1. The van der Waals surface area contributed by atoms with E-state index >= 15 is 0 Å². The van der Waals surface area contributed by atoms with Crippen LogP contribution in [0.15, 0.2) is 0 Å². The number of piperidine rings is 1. The van der Waals surface area contributed by atoms with Gasteiger partial charge in [0.15, 0.2) is 0 Å². The molecule has 0 aromatic heterocycles. The maximum Gasteiger partial charge on any atom is 0.216 e. The number of hydrogen-bond donors (Lipinski definition) is 1. The molecule has 0 aromatic rings. The number of sulfonamides is 1. The summed E-state index contributed by atoms with van der Waals surface area (Å²) in [7, 11) is -2.96. The average Bonchev–Trinajstić information content (AvgIpc) is 3.28. The van der Waals surface area contributed by atoms with Crippen molar-refractivity contribution in [1.29, 1.82) is 0 Å². The highest BCUT2D eigenvalue weighted by atomic mass is 32.2. The molecule has 1 N–H and O–H groups in total. The maximum absolute atomic E-state index is 12.2. The molecule has 122 valence electrons. The Bertz CT molecular complexity index is 453. The topological polar surface area (TPSA) is 49.4 Å². The van der Waals surface area contributed by atoms with Crippen LogP contribution in [0.5, 0.6) is 0 Å². The average molecular weight is 314 g/mol. The second kappa shape index (κ2) is 6.17. The van der Waals surface area contributed by atoms with Crippen LogP contribution in [0.25, 0.3) is 0 Å². The van der Waals surface area contributed by atoms with Crippen LogP contribution in [0.2, 0.25) is 0 Å². The Labute approximate surface area is 129 Å². The van der Waals surface area contributed by atoms with Gasteiger partial charge in [-0.15, -0.1) is 0 Å². The first-order valence-electron chi connectivity index (χ1n) is 8.72. The summed E-state index contributed by atoms with van der Waals surface area (Å²) < 4.78 is 26.2. The number of rotatable bonds is 4. The van der Waals surface area contributed by atoms with E-state index in [0.29, 0.717) is 12.1 Å². The third-order valence-electron chi connectivity index (χ3n) is 5.83. The van der Waals surface area contributed by atoms with Gasteiger partial charge < -0.3 is 5.32 Å². The van der Waals surface area contributed by atoms with E-state index in [1.54, 1.807) is 4.31 Å². The summed E-state index contributed by atoms with van der Waals surface area (Å²) in [6.45, 7) is 6.16. The summed E-state index contributed by atoms with van der Waals surface area (Å²) in [6, 6.07) is 1.16. The Morgan fingerprint density at radius 1 is 0.857 bits per heavy atom. The van der Waals surface area contributed by atoms with Crippen molar-refractivity contribution in [2.75, 3.05) is 13.1 Å². The lowest BCUT2D eigenvalue weighted by Crippen LogP contribution is -2.49. The molecule has 3 rings (SSSR count). The van der Waals surface area contributed by atoms with Crippen LogP contribution in [0.4, 0.5) is 0 Å². The molecule has 2 saturated carbocycles. The summed E-state index contributed by atoms with van der Waals surface area (Å²) in [4.78, 5) is 0.